The summed E-state index contributed by atoms with van der Waals surface area (Å²) in [6.07, 6.45) is 11.8. The Kier molecular flexibility index (Phi) is 4.28. The summed E-state index contributed by atoms with van der Waals surface area (Å²) in [7, 11) is 0. The Bertz CT molecular complexity index is 554. The highest BCUT2D eigenvalue weighted by atomic mass is 15.2. The van der Waals surface area contributed by atoms with Crippen molar-refractivity contribution in [1.29, 1.82) is 0 Å². The van der Waals surface area contributed by atoms with Gasteiger partial charge in [-0.2, -0.15) is 0 Å². The largest absolute Gasteiger partial charge is 0.271 e. The van der Waals surface area contributed by atoms with Crippen LogP contribution in [0.4, 0.5) is 0 Å². The van der Waals surface area contributed by atoms with Crippen molar-refractivity contribution in [2.45, 2.75) is 44.6 Å². The van der Waals surface area contributed by atoms with Gasteiger partial charge in [0.2, 0.25) is 0 Å². The predicted molar refractivity (Wildman–Crippen MR) is 83.0 cm³/mol. The third kappa shape index (κ3) is 2.69. The Morgan fingerprint density at radius 2 is 1.80 bits per heavy atom. The van der Waals surface area contributed by atoms with Gasteiger partial charge >= 0.3 is 0 Å². The van der Waals surface area contributed by atoms with E-state index in [4.69, 9.17) is 5.84 Å². The maximum atomic E-state index is 5.90. The van der Waals surface area contributed by atoms with Gasteiger partial charge in [-0.1, -0.05) is 49.9 Å². The lowest BCUT2D eigenvalue weighted by atomic mass is 9.86. The quantitative estimate of drug-likeness (QED) is 0.507. The molecule has 106 valence electrons. The summed E-state index contributed by atoms with van der Waals surface area (Å²) in [6, 6.07) is 8.66. The lowest BCUT2D eigenvalue weighted by Gasteiger charge is -2.26. The van der Waals surface area contributed by atoms with E-state index in [0.29, 0.717) is 5.92 Å². The van der Waals surface area contributed by atoms with Gasteiger partial charge in [0.15, 0.2) is 0 Å². The molecule has 1 heterocycles. The molecule has 1 aliphatic carbocycles. The molecular weight excluding hydrogens is 246 g/mol. The van der Waals surface area contributed by atoms with E-state index in [1.54, 1.807) is 0 Å². The monoisotopic (exact) mass is 269 g/mol. The summed E-state index contributed by atoms with van der Waals surface area (Å²) in [5.74, 6) is 6.52. The fraction of sp³-hybridized carbons (Fsp3) is 0.471. The first-order valence-corrected chi connectivity index (χ1v) is 7.69. The molecule has 1 atom stereocenters. The molecule has 1 aromatic carbocycles. The Labute approximate surface area is 120 Å². The lowest BCUT2D eigenvalue weighted by Crippen LogP contribution is -2.33. The average Bonchev–Trinajstić information content (AvgIpc) is 2.78. The fourth-order valence-corrected chi connectivity index (χ4v) is 3.51. The van der Waals surface area contributed by atoms with Gasteiger partial charge in [-0.05, 0) is 29.7 Å². The zero-order chi connectivity index (χ0) is 13.8. The van der Waals surface area contributed by atoms with Gasteiger partial charge in [-0.3, -0.25) is 16.3 Å². The van der Waals surface area contributed by atoms with Crippen molar-refractivity contribution in [1.82, 2.24) is 10.4 Å². The maximum Gasteiger partial charge on any atom is 0.0509 e. The molecule has 3 N–H and O–H groups in total. The molecule has 1 unspecified atom stereocenters. The number of pyridine rings is 1. The molecule has 1 aliphatic rings. The van der Waals surface area contributed by atoms with Crippen LogP contribution in [-0.2, 0) is 0 Å². The number of nitrogens with two attached hydrogens (primary N) is 1. The fourth-order valence-electron chi connectivity index (χ4n) is 3.51. The molecule has 0 bridgehead atoms. The zero-order valence-corrected chi connectivity index (χ0v) is 11.9. The molecule has 0 amide bonds. The van der Waals surface area contributed by atoms with E-state index in [1.165, 1.54) is 54.9 Å². The molecule has 0 spiro atoms. The van der Waals surface area contributed by atoms with E-state index >= 15 is 0 Å². The number of hydrazine groups is 1. The number of hydrogen-bond acceptors (Lipinski definition) is 3. The molecule has 2 aromatic rings. The number of rotatable bonds is 3. The first-order valence-electron chi connectivity index (χ1n) is 7.69. The van der Waals surface area contributed by atoms with Crippen LogP contribution in [0.3, 0.4) is 0 Å². The van der Waals surface area contributed by atoms with Crippen molar-refractivity contribution >= 4 is 10.8 Å². The van der Waals surface area contributed by atoms with Gasteiger partial charge in [0.1, 0.15) is 0 Å². The van der Waals surface area contributed by atoms with Gasteiger partial charge in [-0.15, -0.1) is 0 Å². The number of nitrogens with one attached hydrogen (secondary N) is 1. The van der Waals surface area contributed by atoms with Crippen LogP contribution < -0.4 is 11.3 Å². The minimum Gasteiger partial charge on any atom is -0.271 e. The SMILES string of the molecule is NNC(c1cncc2ccccc12)C1CCCCCC1. The maximum absolute atomic E-state index is 5.90. The summed E-state index contributed by atoms with van der Waals surface area (Å²) in [6.45, 7) is 0. The van der Waals surface area contributed by atoms with Gasteiger partial charge in [0, 0.05) is 17.8 Å². The highest BCUT2D eigenvalue weighted by Gasteiger charge is 2.24. The first-order chi connectivity index (χ1) is 9.90. The van der Waals surface area contributed by atoms with Crippen LogP contribution in [0.25, 0.3) is 10.8 Å². The van der Waals surface area contributed by atoms with Gasteiger partial charge in [0.05, 0.1) is 6.04 Å². The van der Waals surface area contributed by atoms with E-state index in [1.807, 2.05) is 12.4 Å². The molecule has 1 saturated carbocycles. The molecule has 0 aliphatic heterocycles. The van der Waals surface area contributed by atoms with Crippen LogP contribution in [-0.4, -0.2) is 4.98 Å². The molecule has 1 aromatic heterocycles. The third-order valence-electron chi connectivity index (χ3n) is 4.58. The summed E-state index contributed by atoms with van der Waals surface area (Å²) < 4.78 is 0. The molecular formula is C17H23N3. The zero-order valence-electron chi connectivity index (χ0n) is 11.9. The van der Waals surface area contributed by atoms with Gasteiger partial charge in [-0.25, -0.2) is 0 Å². The Morgan fingerprint density at radius 3 is 2.55 bits per heavy atom. The van der Waals surface area contributed by atoms with Crippen molar-refractivity contribution in [2.24, 2.45) is 11.8 Å². The topological polar surface area (TPSA) is 50.9 Å². The van der Waals surface area contributed by atoms with Crippen molar-refractivity contribution in [3.05, 3.63) is 42.2 Å². The summed E-state index contributed by atoms with van der Waals surface area (Å²) in [5.41, 5.74) is 4.32. The number of nitrogens with zero attached hydrogens (tertiary/aromatic N) is 1. The molecule has 1 fully saturated rings. The van der Waals surface area contributed by atoms with E-state index in [2.05, 4.69) is 34.7 Å². The summed E-state index contributed by atoms with van der Waals surface area (Å²) in [4.78, 5) is 4.40. The minimum absolute atomic E-state index is 0.215. The molecule has 20 heavy (non-hydrogen) atoms. The van der Waals surface area contributed by atoms with Crippen molar-refractivity contribution < 1.29 is 0 Å². The van der Waals surface area contributed by atoms with Crippen LogP contribution >= 0.6 is 0 Å². The molecule has 3 rings (SSSR count). The number of benzene rings is 1. The van der Waals surface area contributed by atoms with Crippen molar-refractivity contribution in [3.63, 3.8) is 0 Å². The van der Waals surface area contributed by atoms with Crippen LogP contribution in [0.5, 0.6) is 0 Å². The Hall–Kier alpha value is -1.45. The number of aromatic nitrogens is 1. The van der Waals surface area contributed by atoms with Crippen molar-refractivity contribution in [3.8, 4) is 0 Å². The number of hydrogen-bond donors (Lipinski definition) is 2. The highest BCUT2D eigenvalue weighted by molar-refractivity contribution is 5.85. The molecule has 3 heteroatoms. The van der Waals surface area contributed by atoms with Crippen LogP contribution in [0, 0.1) is 5.92 Å². The van der Waals surface area contributed by atoms with Crippen LogP contribution in [0.2, 0.25) is 0 Å². The van der Waals surface area contributed by atoms with Crippen molar-refractivity contribution in [2.75, 3.05) is 0 Å². The highest BCUT2D eigenvalue weighted by Crippen LogP contribution is 2.35. The summed E-state index contributed by atoms with van der Waals surface area (Å²) in [5, 5.41) is 2.47. The van der Waals surface area contributed by atoms with E-state index in [-0.39, 0.29) is 6.04 Å². The van der Waals surface area contributed by atoms with Gasteiger partial charge < -0.3 is 0 Å². The van der Waals surface area contributed by atoms with Crippen LogP contribution in [0.15, 0.2) is 36.7 Å². The Morgan fingerprint density at radius 1 is 1.05 bits per heavy atom. The lowest BCUT2D eigenvalue weighted by molar-refractivity contribution is 0.330. The second-order valence-electron chi connectivity index (χ2n) is 5.85. The second-order valence-corrected chi connectivity index (χ2v) is 5.85. The normalized spacial score (nSPS) is 18.9. The smallest absolute Gasteiger partial charge is 0.0509 e. The third-order valence-corrected chi connectivity index (χ3v) is 4.58. The Balaban J connectivity index is 1.98. The van der Waals surface area contributed by atoms with E-state index in [9.17, 15) is 0 Å². The second kappa shape index (κ2) is 6.33. The summed E-state index contributed by atoms with van der Waals surface area (Å²) >= 11 is 0. The first kappa shape index (κ1) is 13.5. The van der Waals surface area contributed by atoms with E-state index in [0.717, 1.165) is 0 Å². The standard InChI is InChI=1S/C17H23N3/c18-20-17(13-7-3-1-2-4-8-13)16-12-19-11-14-9-5-6-10-15(14)16/h5-6,9-13,17,20H,1-4,7-8,18H2. The number of fused-ring (bicyclic) bond motifs is 1. The molecule has 0 saturated heterocycles. The van der Waals surface area contributed by atoms with Gasteiger partial charge in [0.25, 0.3) is 0 Å². The van der Waals surface area contributed by atoms with E-state index < -0.39 is 0 Å². The molecule has 0 radical (unpaired) electrons. The minimum atomic E-state index is 0.215. The molecule has 3 nitrogen and oxygen atoms in total. The van der Waals surface area contributed by atoms with Crippen LogP contribution in [0.1, 0.15) is 50.1 Å². The average molecular weight is 269 g/mol. The predicted octanol–water partition coefficient (Wildman–Crippen LogP) is 3.71.